The molecule has 142 valence electrons. The normalized spacial score (nSPS) is 17.9. The number of nitrogens with one attached hydrogen (secondary N) is 2. The summed E-state index contributed by atoms with van der Waals surface area (Å²) < 4.78 is 0. The Morgan fingerprint density at radius 1 is 1.30 bits per heavy atom. The van der Waals surface area contributed by atoms with Gasteiger partial charge in [-0.25, -0.2) is 4.98 Å². The van der Waals surface area contributed by atoms with Gasteiger partial charge in [-0.2, -0.15) is 0 Å². The highest BCUT2D eigenvalue weighted by Crippen LogP contribution is 2.23. The second-order valence-corrected chi connectivity index (χ2v) is 6.89. The predicted molar refractivity (Wildman–Crippen MR) is 104 cm³/mol. The summed E-state index contributed by atoms with van der Waals surface area (Å²) in [6.45, 7) is 4.96. The maximum Gasteiger partial charge on any atom is 0.225 e. The van der Waals surface area contributed by atoms with Crippen LogP contribution in [0.15, 0.2) is 42.9 Å². The first-order valence-corrected chi connectivity index (χ1v) is 9.22. The number of rotatable bonds is 5. The molecule has 2 heterocycles. The lowest BCUT2D eigenvalue weighted by Crippen LogP contribution is -2.44. The summed E-state index contributed by atoms with van der Waals surface area (Å²) >= 11 is 0. The van der Waals surface area contributed by atoms with Gasteiger partial charge in [0.2, 0.25) is 11.8 Å². The molecule has 2 N–H and O–H groups in total. The molecule has 2 unspecified atom stereocenters. The van der Waals surface area contributed by atoms with E-state index in [4.69, 9.17) is 0 Å². The summed E-state index contributed by atoms with van der Waals surface area (Å²) in [5.74, 6) is 0.656. The first-order chi connectivity index (χ1) is 13.0. The van der Waals surface area contributed by atoms with Crippen molar-refractivity contribution in [2.24, 2.45) is 5.92 Å². The minimum Gasteiger partial charge on any atom is -0.355 e. The number of hydrogen-bond acceptors (Lipinski definition) is 5. The minimum absolute atomic E-state index is 0.0426. The molecule has 2 aromatic rings. The fourth-order valence-corrected chi connectivity index (χ4v) is 3.36. The van der Waals surface area contributed by atoms with Crippen LogP contribution in [0.1, 0.15) is 38.3 Å². The Labute approximate surface area is 159 Å². The van der Waals surface area contributed by atoms with Gasteiger partial charge in [-0.3, -0.25) is 14.6 Å². The van der Waals surface area contributed by atoms with Crippen molar-refractivity contribution in [1.29, 1.82) is 0 Å². The second kappa shape index (κ2) is 8.62. The third kappa shape index (κ3) is 5.03. The number of aromatic nitrogens is 2. The number of piperidine rings is 1. The van der Waals surface area contributed by atoms with Gasteiger partial charge >= 0.3 is 0 Å². The first kappa shape index (κ1) is 18.8. The second-order valence-electron chi connectivity index (χ2n) is 6.89. The summed E-state index contributed by atoms with van der Waals surface area (Å²) in [6, 6.07) is 7.40. The molecule has 2 amide bonds. The molecular weight excluding hydrogens is 342 g/mol. The monoisotopic (exact) mass is 367 g/mol. The summed E-state index contributed by atoms with van der Waals surface area (Å²) in [5, 5.41) is 5.87. The average Bonchev–Trinajstić information content (AvgIpc) is 2.68. The molecule has 0 aliphatic carbocycles. The highest BCUT2D eigenvalue weighted by atomic mass is 16.2. The standard InChI is InChI=1S/C20H25N5O2/c1-14(16-5-3-7-18(11-16)24-15(2)26)23-20(27)17-6-4-10-25(13-17)19-12-21-8-9-22-19/h3,5,7-9,11-12,14,17H,4,6,10,13H2,1-2H3,(H,23,27)(H,24,26). The average molecular weight is 367 g/mol. The van der Waals surface area contributed by atoms with E-state index in [1.54, 1.807) is 18.6 Å². The molecule has 1 aromatic heterocycles. The Kier molecular flexibility index (Phi) is 6.01. The molecule has 0 saturated carbocycles. The van der Waals surface area contributed by atoms with E-state index in [2.05, 4.69) is 25.5 Å². The lowest BCUT2D eigenvalue weighted by molar-refractivity contribution is -0.126. The van der Waals surface area contributed by atoms with E-state index in [1.165, 1.54) is 6.92 Å². The highest BCUT2D eigenvalue weighted by molar-refractivity contribution is 5.88. The van der Waals surface area contributed by atoms with E-state index < -0.39 is 0 Å². The zero-order chi connectivity index (χ0) is 19.2. The smallest absolute Gasteiger partial charge is 0.225 e. The first-order valence-electron chi connectivity index (χ1n) is 9.22. The third-order valence-corrected chi connectivity index (χ3v) is 4.73. The fourth-order valence-electron chi connectivity index (χ4n) is 3.36. The van der Waals surface area contributed by atoms with Crippen LogP contribution in [-0.4, -0.2) is 34.9 Å². The van der Waals surface area contributed by atoms with Gasteiger partial charge in [-0.15, -0.1) is 0 Å². The van der Waals surface area contributed by atoms with Gasteiger partial charge in [0.15, 0.2) is 0 Å². The fraction of sp³-hybridized carbons (Fsp3) is 0.400. The lowest BCUT2D eigenvalue weighted by Gasteiger charge is -2.33. The molecule has 7 heteroatoms. The topological polar surface area (TPSA) is 87.2 Å². The molecule has 27 heavy (non-hydrogen) atoms. The quantitative estimate of drug-likeness (QED) is 0.848. The van der Waals surface area contributed by atoms with E-state index in [9.17, 15) is 9.59 Å². The molecular formula is C20H25N5O2. The van der Waals surface area contributed by atoms with Crippen LogP contribution in [-0.2, 0) is 9.59 Å². The number of amides is 2. The maximum atomic E-state index is 12.8. The molecule has 1 aromatic carbocycles. The van der Waals surface area contributed by atoms with Gasteiger partial charge < -0.3 is 15.5 Å². The Balaban J connectivity index is 1.62. The molecule has 1 aliphatic heterocycles. The molecule has 7 nitrogen and oxygen atoms in total. The van der Waals surface area contributed by atoms with Crippen molar-refractivity contribution >= 4 is 23.3 Å². The Bertz CT molecular complexity index is 796. The maximum absolute atomic E-state index is 12.8. The zero-order valence-corrected chi connectivity index (χ0v) is 15.7. The lowest BCUT2D eigenvalue weighted by atomic mass is 9.96. The van der Waals surface area contributed by atoms with Gasteiger partial charge in [0.25, 0.3) is 0 Å². The predicted octanol–water partition coefficient (Wildman–Crippen LogP) is 2.53. The SMILES string of the molecule is CC(=O)Nc1cccc(C(C)NC(=O)C2CCCN(c3cnccn3)C2)c1. The van der Waals surface area contributed by atoms with Crippen LogP contribution in [0.4, 0.5) is 11.5 Å². The number of benzene rings is 1. The largest absolute Gasteiger partial charge is 0.355 e. The van der Waals surface area contributed by atoms with Crippen LogP contribution < -0.4 is 15.5 Å². The molecule has 0 bridgehead atoms. The van der Waals surface area contributed by atoms with Gasteiger partial charge in [-0.1, -0.05) is 12.1 Å². The van der Waals surface area contributed by atoms with Crippen molar-refractivity contribution in [2.45, 2.75) is 32.7 Å². The van der Waals surface area contributed by atoms with E-state index in [-0.39, 0.29) is 23.8 Å². The van der Waals surface area contributed by atoms with Crippen molar-refractivity contribution in [3.8, 4) is 0 Å². The zero-order valence-electron chi connectivity index (χ0n) is 15.7. The van der Waals surface area contributed by atoms with Gasteiger partial charge in [-0.05, 0) is 37.5 Å². The van der Waals surface area contributed by atoms with Crippen molar-refractivity contribution in [3.63, 3.8) is 0 Å². The summed E-state index contributed by atoms with van der Waals surface area (Å²) in [7, 11) is 0. The van der Waals surface area contributed by atoms with Gasteiger partial charge in [0, 0.05) is 38.1 Å². The van der Waals surface area contributed by atoms with E-state index in [0.717, 1.165) is 36.5 Å². The summed E-state index contributed by atoms with van der Waals surface area (Å²) in [6.07, 6.45) is 6.86. The number of carbonyl (C=O) groups is 2. The Morgan fingerprint density at radius 2 is 2.15 bits per heavy atom. The van der Waals surface area contributed by atoms with Gasteiger partial charge in [0.1, 0.15) is 5.82 Å². The molecule has 1 aliphatic rings. The Morgan fingerprint density at radius 3 is 2.89 bits per heavy atom. The number of hydrogen-bond donors (Lipinski definition) is 2. The molecule has 1 saturated heterocycles. The van der Waals surface area contributed by atoms with Crippen molar-refractivity contribution in [3.05, 3.63) is 48.4 Å². The van der Waals surface area contributed by atoms with Crippen LogP contribution in [0.2, 0.25) is 0 Å². The van der Waals surface area contributed by atoms with E-state index in [1.807, 2.05) is 31.2 Å². The molecule has 1 fully saturated rings. The van der Waals surface area contributed by atoms with Crippen LogP contribution >= 0.6 is 0 Å². The molecule has 0 radical (unpaired) electrons. The van der Waals surface area contributed by atoms with E-state index >= 15 is 0 Å². The van der Waals surface area contributed by atoms with E-state index in [0.29, 0.717) is 6.54 Å². The summed E-state index contributed by atoms with van der Waals surface area (Å²) in [5.41, 5.74) is 1.68. The number of carbonyl (C=O) groups excluding carboxylic acids is 2. The molecule has 3 rings (SSSR count). The van der Waals surface area contributed by atoms with Crippen molar-refractivity contribution < 1.29 is 9.59 Å². The minimum atomic E-state index is -0.141. The highest BCUT2D eigenvalue weighted by Gasteiger charge is 2.27. The number of anilines is 2. The van der Waals surface area contributed by atoms with Crippen molar-refractivity contribution in [2.75, 3.05) is 23.3 Å². The van der Waals surface area contributed by atoms with Gasteiger partial charge in [0.05, 0.1) is 18.2 Å². The van der Waals surface area contributed by atoms with Crippen LogP contribution in [0.25, 0.3) is 0 Å². The molecule has 2 atom stereocenters. The van der Waals surface area contributed by atoms with Crippen molar-refractivity contribution in [1.82, 2.24) is 15.3 Å². The summed E-state index contributed by atoms with van der Waals surface area (Å²) in [4.78, 5) is 34.6. The Hall–Kier alpha value is -2.96. The van der Waals surface area contributed by atoms with Crippen LogP contribution in [0.5, 0.6) is 0 Å². The third-order valence-electron chi connectivity index (χ3n) is 4.73. The molecule has 0 spiro atoms. The van der Waals surface area contributed by atoms with Crippen LogP contribution in [0, 0.1) is 5.92 Å². The van der Waals surface area contributed by atoms with Crippen LogP contribution in [0.3, 0.4) is 0 Å². The number of nitrogens with zero attached hydrogens (tertiary/aromatic N) is 3.